The van der Waals surface area contributed by atoms with E-state index in [4.69, 9.17) is 4.74 Å². The third-order valence-corrected chi connectivity index (χ3v) is 3.26. The molecule has 3 heteroatoms. The first-order chi connectivity index (χ1) is 8.57. The lowest BCUT2D eigenvalue weighted by atomic mass is 10.0. The van der Waals surface area contributed by atoms with Gasteiger partial charge in [-0.05, 0) is 38.8 Å². The number of benzene rings is 1. The van der Waals surface area contributed by atoms with Crippen LogP contribution in [0.2, 0.25) is 0 Å². The molecule has 2 N–H and O–H groups in total. The van der Waals surface area contributed by atoms with Crippen molar-refractivity contribution in [2.75, 3.05) is 20.3 Å². The fourth-order valence-electron chi connectivity index (χ4n) is 1.78. The number of aliphatic hydroxyl groups is 1. The number of hydrogen-bond donors (Lipinski definition) is 2. The molecule has 102 valence electrons. The summed E-state index contributed by atoms with van der Waals surface area (Å²) in [7, 11) is 1.73. The fraction of sp³-hybridized carbons (Fsp3) is 0.600. The molecule has 0 amide bonds. The van der Waals surface area contributed by atoms with Crippen LogP contribution in [0, 0.1) is 0 Å². The van der Waals surface area contributed by atoms with Crippen LogP contribution in [-0.4, -0.2) is 37.0 Å². The Kier molecular flexibility index (Phi) is 6.33. The summed E-state index contributed by atoms with van der Waals surface area (Å²) in [5, 5.41) is 12.8. The van der Waals surface area contributed by atoms with Gasteiger partial charge in [-0.3, -0.25) is 0 Å². The van der Waals surface area contributed by atoms with Crippen molar-refractivity contribution in [3.05, 3.63) is 35.9 Å². The van der Waals surface area contributed by atoms with Gasteiger partial charge in [-0.15, -0.1) is 0 Å². The van der Waals surface area contributed by atoms with Crippen molar-refractivity contribution in [3.63, 3.8) is 0 Å². The van der Waals surface area contributed by atoms with Gasteiger partial charge in [0.2, 0.25) is 0 Å². The van der Waals surface area contributed by atoms with Crippen molar-refractivity contribution in [3.8, 4) is 0 Å². The van der Waals surface area contributed by atoms with Crippen LogP contribution in [0.4, 0.5) is 0 Å². The maximum Gasteiger partial charge on any atom is 0.0634 e. The Hall–Kier alpha value is -0.900. The average molecular weight is 251 g/mol. The van der Waals surface area contributed by atoms with E-state index in [-0.39, 0.29) is 18.2 Å². The molecule has 0 fully saturated rings. The summed E-state index contributed by atoms with van der Waals surface area (Å²) in [5.41, 5.74) is 1.13. The molecule has 1 atom stereocenters. The van der Waals surface area contributed by atoms with Gasteiger partial charge >= 0.3 is 0 Å². The first kappa shape index (κ1) is 15.2. The van der Waals surface area contributed by atoms with E-state index in [0.29, 0.717) is 0 Å². The average Bonchev–Trinajstić information content (AvgIpc) is 2.38. The molecule has 0 aliphatic heterocycles. The first-order valence-electron chi connectivity index (χ1n) is 6.51. The Morgan fingerprint density at radius 3 is 2.50 bits per heavy atom. The molecule has 0 radical (unpaired) electrons. The van der Waals surface area contributed by atoms with E-state index in [0.717, 1.165) is 19.4 Å². The maximum atomic E-state index is 9.38. The summed E-state index contributed by atoms with van der Waals surface area (Å²) < 4.78 is 5.37. The normalized spacial score (nSPS) is 13.6. The molecule has 1 aromatic rings. The highest BCUT2D eigenvalue weighted by atomic mass is 16.5. The number of rotatable bonds is 8. The largest absolute Gasteiger partial charge is 0.395 e. The van der Waals surface area contributed by atoms with Crippen molar-refractivity contribution in [1.29, 1.82) is 0 Å². The smallest absolute Gasteiger partial charge is 0.0634 e. The van der Waals surface area contributed by atoms with E-state index >= 15 is 0 Å². The summed E-state index contributed by atoms with van der Waals surface area (Å²) in [4.78, 5) is 0. The van der Waals surface area contributed by atoms with Gasteiger partial charge in [0.15, 0.2) is 0 Å². The van der Waals surface area contributed by atoms with Crippen LogP contribution < -0.4 is 5.32 Å². The molecular weight excluding hydrogens is 226 g/mol. The molecule has 0 aliphatic carbocycles. The van der Waals surface area contributed by atoms with Crippen LogP contribution in [0.1, 0.15) is 25.8 Å². The molecule has 0 bridgehead atoms. The molecule has 1 unspecified atom stereocenters. The number of nitrogens with one attached hydrogen (secondary N) is 1. The van der Waals surface area contributed by atoms with Gasteiger partial charge in [-0.25, -0.2) is 0 Å². The quantitative estimate of drug-likeness (QED) is 0.742. The summed E-state index contributed by atoms with van der Waals surface area (Å²) in [5.74, 6) is 0. The Morgan fingerprint density at radius 2 is 1.94 bits per heavy atom. The molecule has 1 rings (SSSR count). The molecule has 18 heavy (non-hydrogen) atoms. The highest BCUT2D eigenvalue weighted by molar-refractivity contribution is 5.15. The van der Waals surface area contributed by atoms with E-state index < -0.39 is 0 Å². The van der Waals surface area contributed by atoms with E-state index in [1.807, 2.05) is 18.2 Å². The molecule has 0 heterocycles. The van der Waals surface area contributed by atoms with E-state index in [2.05, 4.69) is 31.3 Å². The predicted octanol–water partition coefficient (Wildman–Crippen LogP) is 1.99. The number of methoxy groups -OCH3 is 1. The maximum absolute atomic E-state index is 9.38. The van der Waals surface area contributed by atoms with Crippen molar-refractivity contribution < 1.29 is 9.84 Å². The van der Waals surface area contributed by atoms with Crippen LogP contribution in [0.5, 0.6) is 0 Å². The van der Waals surface area contributed by atoms with Gasteiger partial charge in [-0.2, -0.15) is 0 Å². The monoisotopic (exact) mass is 251 g/mol. The van der Waals surface area contributed by atoms with Gasteiger partial charge in [0.25, 0.3) is 0 Å². The lowest BCUT2D eigenvalue weighted by Gasteiger charge is -2.24. The summed E-state index contributed by atoms with van der Waals surface area (Å²) in [6.07, 6.45) is 1.78. The minimum absolute atomic E-state index is 0.111. The van der Waals surface area contributed by atoms with Gasteiger partial charge in [0.05, 0.1) is 12.2 Å². The van der Waals surface area contributed by atoms with Gasteiger partial charge in [-0.1, -0.05) is 30.3 Å². The Morgan fingerprint density at radius 1 is 1.28 bits per heavy atom. The second-order valence-electron chi connectivity index (χ2n) is 5.24. The van der Waals surface area contributed by atoms with E-state index in [1.165, 1.54) is 5.56 Å². The molecule has 0 aromatic heterocycles. The second kappa shape index (κ2) is 7.52. The van der Waals surface area contributed by atoms with Crippen molar-refractivity contribution in [1.82, 2.24) is 5.32 Å². The zero-order valence-electron chi connectivity index (χ0n) is 11.6. The molecule has 0 spiro atoms. The third-order valence-electron chi connectivity index (χ3n) is 3.26. The summed E-state index contributed by atoms with van der Waals surface area (Å²) in [6.45, 7) is 5.14. The van der Waals surface area contributed by atoms with E-state index in [9.17, 15) is 5.11 Å². The van der Waals surface area contributed by atoms with Crippen LogP contribution >= 0.6 is 0 Å². The number of aliphatic hydroxyl groups excluding tert-OH is 1. The van der Waals surface area contributed by atoms with Crippen LogP contribution in [0.15, 0.2) is 30.3 Å². The molecule has 0 aliphatic rings. The zero-order chi connectivity index (χ0) is 13.4. The topological polar surface area (TPSA) is 41.5 Å². The highest BCUT2D eigenvalue weighted by Gasteiger charge is 2.16. The van der Waals surface area contributed by atoms with Crippen LogP contribution in [-0.2, 0) is 11.2 Å². The minimum Gasteiger partial charge on any atom is -0.395 e. The third kappa shape index (κ3) is 5.63. The first-order valence-corrected chi connectivity index (χ1v) is 6.51. The van der Waals surface area contributed by atoms with Gasteiger partial charge in [0.1, 0.15) is 0 Å². The minimum atomic E-state index is -0.111. The molecule has 0 saturated carbocycles. The van der Waals surface area contributed by atoms with Crippen molar-refractivity contribution in [2.45, 2.75) is 38.3 Å². The van der Waals surface area contributed by atoms with Crippen LogP contribution in [0.25, 0.3) is 0 Å². The lowest BCUT2D eigenvalue weighted by molar-refractivity contribution is 0.0149. The van der Waals surface area contributed by atoms with Gasteiger partial charge < -0.3 is 15.2 Å². The molecular formula is C15H25NO2. The molecule has 1 aromatic carbocycles. The lowest BCUT2D eigenvalue weighted by Crippen LogP contribution is -2.38. The predicted molar refractivity (Wildman–Crippen MR) is 74.7 cm³/mol. The SMILES string of the molecule is COC(C)(C)CCNC(CO)Cc1ccccc1. The number of ether oxygens (including phenoxy) is 1. The van der Waals surface area contributed by atoms with Crippen LogP contribution in [0.3, 0.4) is 0 Å². The fourth-order valence-corrected chi connectivity index (χ4v) is 1.78. The molecule has 3 nitrogen and oxygen atoms in total. The number of hydrogen-bond acceptors (Lipinski definition) is 3. The second-order valence-corrected chi connectivity index (χ2v) is 5.24. The summed E-state index contributed by atoms with van der Waals surface area (Å²) in [6, 6.07) is 10.3. The highest BCUT2D eigenvalue weighted by Crippen LogP contribution is 2.12. The Balaban J connectivity index is 2.34. The summed E-state index contributed by atoms with van der Waals surface area (Å²) >= 11 is 0. The van der Waals surface area contributed by atoms with Gasteiger partial charge in [0, 0.05) is 13.2 Å². The van der Waals surface area contributed by atoms with Crippen molar-refractivity contribution >= 4 is 0 Å². The molecule has 0 saturated heterocycles. The Labute approximate surface area is 110 Å². The standard InChI is InChI=1S/C15H25NO2/c1-15(2,18-3)9-10-16-14(12-17)11-13-7-5-4-6-8-13/h4-8,14,16-17H,9-12H2,1-3H3. The van der Waals surface area contributed by atoms with E-state index in [1.54, 1.807) is 7.11 Å². The van der Waals surface area contributed by atoms with Crippen molar-refractivity contribution in [2.24, 2.45) is 0 Å². The Bertz CT molecular complexity index is 325. The zero-order valence-corrected chi connectivity index (χ0v) is 11.6.